The Morgan fingerprint density at radius 1 is 1.17 bits per heavy atom. The van der Waals surface area contributed by atoms with E-state index in [4.69, 9.17) is 0 Å². The maximum absolute atomic E-state index is 4.09. The van der Waals surface area contributed by atoms with Gasteiger partial charge in [-0.15, -0.1) is 0 Å². The molecule has 0 nitrogen and oxygen atoms in total. The minimum atomic E-state index is 0. The fourth-order valence-electron chi connectivity index (χ4n) is 1.93. The van der Waals surface area contributed by atoms with Gasteiger partial charge in [0.1, 0.15) is 0 Å². The molecule has 0 atom stereocenters. The average Bonchev–Trinajstić information content (AvgIpc) is 1.95. The molecule has 0 N–H and O–H groups in total. The predicted octanol–water partition coefficient (Wildman–Crippen LogP) is 0.0502. The summed E-state index contributed by atoms with van der Waals surface area (Å²) in [6, 6.07) is 0. The Hall–Kier alpha value is 1.06. The van der Waals surface area contributed by atoms with Crippen molar-refractivity contribution >= 4 is 23.1 Å². The van der Waals surface area contributed by atoms with Crippen LogP contribution in [0.2, 0.25) is 0 Å². The quantitative estimate of drug-likeness (QED) is 0.435. The summed E-state index contributed by atoms with van der Waals surface area (Å²) in [6.07, 6.45) is 8.47. The minimum absolute atomic E-state index is 0. The molecule has 0 radical (unpaired) electrons. The first-order valence-electron chi connectivity index (χ1n) is 4.66. The van der Waals surface area contributed by atoms with Crippen LogP contribution in [0.5, 0.6) is 0 Å². The Morgan fingerprint density at radius 2 is 1.67 bits per heavy atom. The molecule has 0 bridgehead atoms. The summed E-state index contributed by atoms with van der Waals surface area (Å²) in [5.74, 6) is 1.82. The fraction of sp³-hybridized carbons (Fsp3) is 0.900. The molecule has 68 valence electrons. The topological polar surface area (TPSA) is 0 Å². The third kappa shape index (κ3) is 5.66. The molecule has 1 saturated carbocycles. The van der Waals surface area contributed by atoms with Gasteiger partial charge in [-0.05, 0) is 5.92 Å². The molecule has 0 heterocycles. The Balaban J connectivity index is 0. The average molecular weight is 199 g/mol. The maximum Gasteiger partial charge on any atom is 2.00 e. The second-order valence-corrected chi connectivity index (χ2v) is 3.68. The van der Waals surface area contributed by atoms with Crippen LogP contribution in [0.15, 0.2) is 0 Å². The summed E-state index contributed by atoms with van der Waals surface area (Å²) >= 11 is 0. The van der Waals surface area contributed by atoms with Crippen molar-refractivity contribution in [2.24, 2.45) is 11.8 Å². The van der Waals surface area contributed by atoms with E-state index in [1.54, 1.807) is 0 Å². The van der Waals surface area contributed by atoms with Gasteiger partial charge in [-0.3, -0.25) is 0 Å². The smallest absolute Gasteiger partial charge is 1.00 e. The van der Waals surface area contributed by atoms with Gasteiger partial charge in [0.2, 0.25) is 0 Å². The molecular formula is C10H19ClMg. The van der Waals surface area contributed by atoms with E-state index in [9.17, 15) is 0 Å². The van der Waals surface area contributed by atoms with Crippen LogP contribution in [0.3, 0.4) is 0 Å². The molecule has 0 aromatic heterocycles. The molecular weight excluding hydrogens is 180 g/mol. The van der Waals surface area contributed by atoms with Crippen LogP contribution < -0.4 is 12.4 Å². The van der Waals surface area contributed by atoms with Gasteiger partial charge in [0.05, 0.1) is 0 Å². The molecule has 0 aromatic carbocycles. The van der Waals surface area contributed by atoms with Crippen molar-refractivity contribution in [3.05, 3.63) is 6.92 Å². The molecule has 0 unspecified atom stereocenters. The summed E-state index contributed by atoms with van der Waals surface area (Å²) < 4.78 is 0. The normalized spacial score (nSPS) is 28.5. The van der Waals surface area contributed by atoms with Gasteiger partial charge in [-0.1, -0.05) is 45.4 Å². The van der Waals surface area contributed by atoms with E-state index >= 15 is 0 Å². The molecule has 0 aliphatic heterocycles. The third-order valence-corrected chi connectivity index (χ3v) is 2.66. The molecule has 0 aromatic rings. The van der Waals surface area contributed by atoms with Crippen molar-refractivity contribution in [2.45, 2.75) is 45.4 Å². The number of halogens is 1. The van der Waals surface area contributed by atoms with Gasteiger partial charge in [-0.25, -0.2) is 0 Å². The van der Waals surface area contributed by atoms with Gasteiger partial charge < -0.3 is 19.3 Å². The second-order valence-electron chi connectivity index (χ2n) is 3.68. The van der Waals surface area contributed by atoms with Crippen LogP contribution in [0.25, 0.3) is 0 Å². The molecule has 1 aliphatic rings. The van der Waals surface area contributed by atoms with Crippen LogP contribution in [-0.2, 0) is 0 Å². The van der Waals surface area contributed by atoms with Crippen LogP contribution in [0.1, 0.15) is 45.4 Å². The zero-order chi connectivity index (χ0) is 7.40. The molecule has 12 heavy (non-hydrogen) atoms. The number of rotatable bonds is 2. The summed E-state index contributed by atoms with van der Waals surface area (Å²) in [7, 11) is 0. The Labute approximate surface area is 99.4 Å². The fourth-order valence-corrected chi connectivity index (χ4v) is 1.93. The first-order valence-corrected chi connectivity index (χ1v) is 4.66. The van der Waals surface area contributed by atoms with Crippen LogP contribution in [-0.4, -0.2) is 23.1 Å². The van der Waals surface area contributed by atoms with E-state index in [2.05, 4.69) is 13.8 Å². The molecule has 1 fully saturated rings. The first-order chi connectivity index (χ1) is 4.83. The van der Waals surface area contributed by atoms with Crippen LogP contribution in [0.4, 0.5) is 0 Å². The van der Waals surface area contributed by atoms with Crippen molar-refractivity contribution in [1.29, 1.82) is 0 Å². The summed E-state index contributed by atoms with van der Waals surface area (Å²) in [5, 5.41) is 0. The Kier molecular flexibility index (Phi) is 11.2. The van der Waals surface area contributed by atoms with Crippen molar-refractivity contribution in [2.75, 3.05) is 0 Å². The SMILES string of the molecule is [CH2-]C1CCC(CCC)CC1.[Cl-].[Mg+2]. The largest absolute Gasteiger partial charge is 2.00 e. The van der Waals surface area contributed by atoms with Gasteiger partial charge in [0.15, 0.2) is 0 Å². The minimum Gasteiger partial charge on any atom is -1.00 e. The van der Waals surface area contributed by atoms with E-state index in [1.807, 2.05) is 0 Å². The van der Waals surface area contributed by atoms with E-state index in [0.29, 0.717) is 0 Å². The Bertz CT molecular complexity index is 87.8. The zero-order valence-electron chi connectivity index (χ0n) is 8.19. The van der Waals surface area contributed by atoms with Crippen molar-refractivity contribution in [3.8, 4) is 0 Å². The monoisotopic (exact) mass is 198 g/mol. The standard InChI is InChI=1S/C10H19.ClH.Mg/c1-3-4-10-7-5-9(2)6-8-10;;/h9-10H,2-8H2,1H3;1H;/q-1;;+2/p-1. The van der Waals surface area contributed by atoms with Crippen molar-refractivity contribution < 1.29 is 12.4 Å². The van der Waals surface area contributed by atoms with Gasteiger partial charge in [-0.2, -0.15) is 5.92 Å². The number of hydrogen-bond donors (Lipinski definition) is 0. The van der Waals surface area contributed by atoms with E-state index in [1.165, 1.54) is 38.5 Å². The molecule has 1 rings (SSSR count). The summed E-state index contributed by atoms with van der Waals surface area (Å²) in [5.41, 5.74) is 0. The third-order valence-electron chi connectivity index (χ3n) is 2.66. The van der Waals surface area contributed by atoms with E-state index in [-0.39, 0.29) is 35.5 Å². The Morgan fingerprint density at radius 3 is 2.08 bits per heavy atom. The van der Waals surface area contributed by atoms with Crippen molar-refractivity contribution in [3.63, 3.8) is 0 Å². The molecule has 0 spiro atoms. The molecule has 2 heteroatoms. The molecule has 1 aliphatic carbocycles. The summed E-state index contributed by atoms with van der Waals surface area (Å²) in [6.45, 7) is 6.38. The van der Waals surface area contributed by atoms with E-state index < -0.39 is 0 Å². The van der Waals surface area contributed by atoms with E-state index in [0.717, 1.165) is 11.8 Å². The van der Waals surface area contributed by atoms with Crippen LogP contribution in [0, 0.1) is 18.8 Å². The zero-order valence-corrected chi connectivity index (χ0v) is 10.4. The maximum atomic E-state index is 4.09. The second kappa shape index (κ2) is 8.65. The first kappa shape index (κ1) is 15.5. The molecule has 0 amide bonds. The molecule has 0 saturated heterocycles. The van der Waals surface area contributed by atoms with Gasteiger partial charge in [0.25, 0.3) is 0 Å². The van der Waals surface area contributed by atoms with Crippen LogP contribution >= 0.6 is 0 Å². The predicted molar refractivity (Wildman–Crippen MR) is 51.5 cm³/mol. The summed E-state index contributed by atoms with van der Waals surface area (Å²) in [4.78, 5) is 0. The number of hydrogen-bond acceptors (Lipinski definition) is 0. The van der Waals surface area contributed by atoms with Gasteiger partial charge in [0, 0.05) is 0 Å². The van der Waals surface area contributed by atoms with Gasteiger partial charge >= 0.3 is 23.1 Å². The van der Waals surface area contributed by atoms with Crippen molar-refractivity contribution in [1.82, 2.24) is 0 Å².